The highest BCUT2D eigenvalue weighted by molar-refractivity contribution is 8.18. The van der Waals surface area contributed by atoms with Crippen molar-refractivity contribution in [3.05, 3.63) is 80.8 Å². The topological polar surface area (TPSA) is 108 Å². The number of carbonyl (C=O) groups is 2. The van der Waals surface area contributed by atoms with Gasteiger partial charge in [-0.1, -0.05) is 6.08 Å². The van der Waals surface area contributed by atoms with Gasteiger partial charge in [0.25, 0.3) is 16.8 Å². The van der Waals surface area contributed by atoms with Gasteiger partial charge in [-0.15, -0.1) is 6.58 Å². The van der Waals surface area contributed by atoms with Crippen molar-refractivity contribution in [2.24, 2.45) is 0 Å². The molecule has 2 aromatic carbocycles. The van der Waals surface area contributed by atoms with Crippen molar-refractivity contribution in [1.29, 1.82) is 0 Å². The highest BCUT2D eigenvalue weighted by atomic mass is 32.2. The van der Waals surface area contributed by atoms with E-state index in [4.69, 9.17) is 14.2 Å². The molecular formula is C25H26N2O7S. The zero-order valence-corrected chi connectivity index (χ0v) is 20.3. The number of hydrogen-bond donors (Lipinski definition) is 0. The van der Waals surface area contributed by atoms with Crippen molar-refractivity contribution < 1.29 is 28.7 Å². The van der Waals surface area contributed by atoms with Gasteiger partial charge >= 0.3 is 0 Å². The highest BCUT2D eigenvalue weighted by Gasteiger charge is 2.34. The van der Waals surface area contributed by atoms with E-state index in [1.807, 2.05) is 13.0 Å². The van der Waals surface area contributed by atoms with E-state index in [9.17, 15) is 19.7 Å². The Bertz CT molecular complexity index is 1150. The van der Waals surface area contributed by atoms with E-state index in [0.717, 1.165) is 27.8 Å². The number of nitro groups is 1. The van der Waals surface area contributed by atoms with Crippen LogP contribution >= 0.6 is 11.8 Å². The number of benzene rings is 2. The van der Waals surface area contributed by atoms with Crippen molar-refractivity contribution in [3.8, 4) is 11.5 Å². The third kappa shape index (κ3) is 6.49. The average Bonchev–Trinajstić information content (AvgIpc) is 3.09. The third-order valence-corrected chi connectivity index (χ3v) is 5.95. The Kier molecular flexibility index (Phi) is 9.04. The summed E-state index contributed by atoms with van der Waals surface area (Å²) in [4.78, 5) is 36.8. The monoisotopic (exact) mass is 498 g/mol. The Hall–Kier alpha value is -3.63. The summed E-state index contributed by atoms with van der Waals surface area (Å²) in [5, 5.41) is 10.5. The van der Waals surface area contributed by atoms with Crippen LogP contribution < -0.4 is 9.47 Å². The summed E-state index contributed by atoms with van der Waals surface area (Å²) in [6, 6.07) is 9.74. The Morgan fingerprint density at radius 2 is 1.91 bits per heavy atom. The predicted molar refractivity (Wildman–Crippen MR) is 133 cm³/mol. The first-order chi connectivity index (χ1) is 16.9. The molecule has 2 aromatic rings. The molecule has 0 atom stereocenters. The molecule has 1 fully saturated rings. The van der Waals surface area contributed by atoms with Gasteiger partial charge in [0, 0.05) is 24.8 Å². The average molecular weight is 499 g/mol. The van der Waals surface area contributed by atoms with Crippen LogP contribution in [-0.2, 0) is 22.6 Å². The summed E-state index contributed by atoms with van der Waals surface area (Å²) in [5.41, 5.74) is 2.24. The van der Waals surface area contributed by atoms with E-state index in [1.54, 1.807) is 30.4 Å². The number of ether oxygens (including phenoxy) is 3. The summed E-state index contributed by atoms with van der Waals surface area (Å²) in [6.45, 7) is 6.69. The number of hydrogen-bond acceptors (Lipinski definition) is 8. The van der Waals surface area contributed by atoms with E-state index in [0.29, 0.717) is 35.0 Å². The lowest BCUT2D eigenvalue weighted by Gasteiger charge is -2.17. The van der Waals surface area contributed by atoms with Gasteiger partial charge in [-0.25, -0.2) is 0 Å². The van der Waals surface area contributed by atoms with Crippen LogP contribution in [0.3, 0.4) is 0 Å². The standard InChI is InChI=1S/C25H26N2O7S/c1-4-6-19-13-18(15-22-24(28)26(11-12-32-3)25(29)35-22)14-21(33-5-2)23(19)34-16-17-7-9-20(10-8-17)27(30)31/h4,7-10,13-15H,1,5-6,11-12,16H2,2-3H3/b22-15+. The zero-order valence-electron chi connectivity index (χ0n) is 19.5. The fraction of sp³-hybridized carbons (Fsp3) is 0.280. The van der Waals surface area contributed by atoms with Crippen LogP contribution in [0.5, 0.6) is 11.5 Å². The van der Waals surface area contributed by atoms with Gasteiger partial charge < -0.3 is 14.2 Å². The SMILES string of the molecule is C=CCc1cc(/C=C2/SC(=O)N(CCOC)C2=O)cc(OCC)c1OCc1ccc([N+](=O)[O-])cc1. The number of thioether (sulfide) groups is 1. The molecule has 0 radical (unpaired) electrons. The molecule has 0 aliphatic carbocycles. The minimum atomic E-state index is -0.453. The minimum Gasteiger partial charge on any atom is -0.490 e. The fourth-order valence-electron chi connectivity index (χ4n) is 3.40. The molecule has 0 unspecified atom stereocenters. The van der Waals surface area contributed by atoms with Crippen molar-refractivity contribution in [3.63, 3.8) is 0 Å². The first-order valence-electron chi connectivity index (χ1n) is 10.9. The molecule has 10 heteroatoms. The molecule has 1 saturated heterocycles. The van der Waals surface area contributed by atoms with E-state index in [2.05, 4.69) is 6.58 Å². The number of nitro benzene ring substituents is 1. The number of nitrogens with zero attached hydrogens (tertiary/aromatic N) is 2. The van der Waals surface area contributed by atoms with Crippen molar-refractivity contribution >= 4 is 34.7 Å². The number of imide groups is 1. The summed E-state index contributed by atoms with van der Waals surface area (Å²) >= 11 is 0.883. The summed E-state index contributed by atoms with van der Waals surface area (Å²) in [7, 11) is 1.51. The van der Waals surface area contributed by atoms with Gasteiger partial charge in [0.05, 0.1) is 29.6 Å². The first kappa shape index (κ1) is 26.0. The van der Waals surface area contributed by atoms with Crippen LogP contribution in [0.1, 0.15) is 23.6 Å². The van der Waals surface area contributed by atoms with Gasteiger partial charge in [0.1, 0.15) is 6.61 Å². The van der Waals surface area contributed by atoms with Crippen LogP contribution in [0, 0.1) is 10.1 Å². The maximum Gasteiger partial charge on any atom is 0.293 e. The number of non-ortho nitro benzene ring substituents is 1. The van der Waals surface area contributed by atoms with E-state index in [-0.39, 0.29) is 36.6 Å². The zero-order chi connectivity index (χ0) is 25.4. The quantitative estimate of drug-likeness (QED) is 0.174. The molecule has 184 valence electrons. The first-order valence-corrected chi connectivity index (χ1v) is 11.7. The lowest BCUT2D eigenvalue weighted by Crippen LogP contribution is -2.31. The molecule has 35 heavy (non-hydrogen) atoms. The second-order valence-electron chi connectivity index (χ2n) is 7.47. The van der Waals surface area contributed by atoms with Crippen molar-refractivity contribution in [2.75, 3.05) is 26.9 Å². The maximum absolute atomic E-state index is 12.7. The summed E-state index contributed by atoms with van der Waals surface area (Å²) in [5.74, 6) is 0.646. The lowest BCUT2D eigenvalue weighted by atomic mass is 10.0. The summed E-state index contributed by atoms with van der Waals surface area (Å²) < 4.78 is 16.9. The maximum atomic E-state index is 12.7. The fourth-order valence-corrected chi connectivity index (χ4v) is 4.26. The molecule has 0 aromatic heterocycles. The Morgan fingerprint density at radius 1 is 1.17 bits per heavy atom. The van der Waals surface area contributed by atoms with Gasteiger partial charge in [0.2, 0.25) is 0 Å². The molecule has 3 rings (SSSR count). The van der Waals surface area contributed by atoms with Crippen LogP contribution in [0.2, 0.25) is 0 Å². The molecule has 1 aliphatic rings. The smallest absolute Gasteiger partial charge is 0.293 e. The molecule has 0 bridgehead atoms. The molecule has 0 spiro atoms. The lowest BCUT2D eigenvalue weighted by molar-refractivity contribution is -0.384. The number of rotatable bonds is 12. The van der Waals surface area contributed by atoms with Gasteiger partial charge in [-0.2, -0.15) is 0 Å². The van der Waals surface area contributed by atoms with E-state index < -0.39 is 4.92 Å². The molecule has 9 nitrogen and oxygen atoms in total. The molecule has 2 amide bonds. The second-order valence-corrected chi connectivity index (χ2v) is 8.46. The van der Waals surface area contributed by atoms with Gasteiger partial charge in [0.15, 0.2) is 11.5 Å². The van der Waals surface area contributed by atoms with Crippen molar-refractivity contribution in [1.82, 2.24) is 4.90 Å². The van der Waals surface area contributed by atoms with E-state index in [1.165, 1.54) is 19.2 Å². The van der Waals surface area contributed by atoms with Gasteiger partial charge in [-0.05, 0) is 66.6 Å². The number of methoxy groups -OCH3 is 1. The Balaban J connectivity index is 1.89. The molecule has 1 heterocycles. The second kappa shape index (κ2) is 12.2. The molecule has 0 saturated carbocycles. The van der Waals surface area contributed by atoms with Crippen LogP contribution in [0.4, 0.5) is 10.5 Å². The molecular weight excluding hydrogens is 472 g/mol. The Labute approximate surface area is 207 Å². The normalized spacial score (nSPS) is 14.5. The van der Waals surface area contributed by atoms with E-state index >= 15 is 0 Å². The van der Waals surface area contributed by atoms with Crippen LogP contribution in [0.25, 0.3) is 6.08 Å². The van der Waals surface area contributed by atoms with Crippen LogP contribution in [0.15, 0.2) is 54.0 Å². The summed E-state index contributed by atoms with van der Waals surface area (Å²) in [6.07, 6.45) is 3.87. The minimum absolute atomic E-state index is 0.00656. The predicted octanol–water partition coefficient (Wildman–Crippen LogP) is 4.98. The van der Waals surface area contributed by atoms with Crippen molar-refractivity contribution in [2.45, 2.75) is 20.0 Å². The third-order valence-electron chi connectivity index (χ3n) is 5.04. The number of carbonyl (C=O) groups excluding carboxylic acids is 2. The van der Waals surface area contributed by atoms with Gasteiger partial charge in [-0.3, -0.25) is 24.6 Å². The largest absolute Gasteiger partial charge is 0.490 e. The highest BCUT2D eigenvalue weighted by Crippen LogP contribution is 2.37. The molecule has 0 N–H and O–H groups in total. The Morgan fingerprint density at radius 3 is 2.54 bits per heavy atom. The number of allylic oxidation sites excluding steroid dienone is 1. The van der Waals surface area contributed by atoms with Crippen LogP contribution in [-0.4, -0.2) is 47.8 Å². The number of amides is 2. The molecule has 1 aliphatic heterocycles.